The van der Waals surface area contributed by atoms with Crippen molar-refractivity contribution >= 4 is 5.78 Å². The van der Waals surface area contributed by atoms with E-state index in [2.05, 4.69) is 6.92 Å². The Kier molecular flexibility index (Phi) is 4.40. The molecule has 0 radical (unpaired) electrons. The maximum absolute atomic E-state index is 11.5. The van der Waals surface area contributed by atoms with E-state index in [0.717, 1.165) is 12.0 Å². The molecule has 2 N–H and O–H groups in total. The second-order valence-electron chi connectivity index (χ2n) is 3.56. The van der Waals surface area contributed by atoms with E-state index in [1.807, 2.05) is 6.07 Å². The van der Waals surface area contributed by atoms with Gasteiger partial charge < -0.3 is 10.2 Å². The molecule has 3 nitrogen and oxygen atoms in total. The first-order chi connectivity index (χ1) is 6.76. The van der Waals surface area contributed by atoms with E-state index in [0.29, 0.717) is 25.3 Å². The average molecular weight is 195 g/mol. The van der Waals surface area contributed by atoms with E-state index < -0.39 is 0 Å². The summed E-state index contributed by atoms with van der Waals surface area (Å²) in [6, 6.07) is 1.82. The van der Waals surface area contributed by atoms with Crippen molar-refractivity contribution in [3.05, 3.63) is 24.2 Å². The van der Waals surface area contributed by atoms with Crippen molar-refractivity contribution in [3.8, 4) is 0 Å². The summed E-state index contributed by atoms with van der Waals surface area (Å²) in [5.74, 6) is 0.568. The van der Waals surface area contributed by atoms with Crippen LogP contribution in [-0.4, -0.2) is 12.3 Å². The molecular weight excluding hydrogens is 178 g/mol. The van der Waals surface area contributed by atoms with Gasteiger partial charge in [0.15, 0.2) is 0 Å². The van der Waals surface area contributed by atoms with Gasteiger partial charge in [0.1, 0.15) is 5.78 Å². The summed E-state index contributed by atoms with van der Waals surface area (Å²) in [6.07, 6.45) is 5.21. The smallest absolute Gasteiger partial charge is 0.137 e. The number of nitrogens with two attached hydrogens (primary N) is 1. The molecule has 1 unspecified atom stereocenters. The van der Waals surface area contributed by atoms with E-state index in [1.165, 1.54) is 0 Å². The molecular formula is C11H17NO2. The van der Waals surface area contributed by atoms with Crippen molar-refractivity contribution in [1.82, 2.24) is 0 Å². The highest BCUT2D eigenvalue weighted by atomic mass is 16.3. The van der Waals surface area contributed by atoms with Crippen molar-refractivity contribution < 1.29 is 9.21 Å². The van der Waals surface area contributed by atoms with Crippen LogP contribution in [0.1, 0.15) is 25.3 Å². The zero-order chi connectivity index (χ0) is 10.4. The van der Waals surface area contributed by atoms with Gasteiger partial charge in [-0.05, 0) is 24.1 Å². The number of hydrogen-bond acceptors (Lipinski definition) is 3. The Balaban J connectivity index is 2.35. The molecule has 0 aromatic carbocycles. The Morgan fingerprint density at radius 1 is 1.64 bits per heavy atom. The van der Waals surface area contributed by atoms with Crippen LogP contribution in [0.25, 0.3) is 0 Å². The first kappa shape index (κ1) is 11.0. The minimum atomic E-state index is 0.240. The number of hydrogen-bond donors (Lipinski definition) is 1. The van der Waals surface area contributed by atoms with Gasteiger partial charge in [0, 0.05) is 12.8 Å². The molecule has 14 heavy (non-hydrogen) atoms. The quantitative estimate of drug-likeness (QED) is 0.752. The first-order valence-corrected chi connectivity index (χ1v) is 4.99. The number of ketones is 1. The lowest BCUT2D eigenvalue weighted by molar-refractivity contribution is -0.119. The summed E-state index contributed by atoms with van der Waals surface area (Å²) in [6.45, 7) is 2.65. The SMILES string of the molecule is CCC(CN)CC(=O)Cc1ccoc1. The van der Waals surface area contributed by atoms with E-state index in [9.17, 15) is 4.79 Å². The molecule has 0 aliphatic carbocycles. The van der Waals surface area contributed by atoms with Crippen molar-refractivity contribution in [2.75, 3.05) is 6.54 Å². The number of rotatable bonds is 6. The normalized spacial score (nSPS) is 12.7. The van der Waals surface area contributed by atoms with Crippen molar-refractivity contribution in [2.24, 2.45) is 11.7 Å². The largest absolute Gasteiger partial charge is 0.472 e. The lowest BCUT2D eigenvalue weighted by Gasteiger charge is -2.09. The summed E-state index contributed by atoms with van der Waals surface area (Å²) in [5, 5.41) is 0. The molecule has 1 aromatic rings. The molecule has 1 rings (SSSR count). The van der Waals surface area contributed by atoms with Crippen molar-refractivity contribution in [1.29, 1.82) is 0 Å². The minimum absolute atomic E-state index is 0.240. The molecule has 1 aromatic heterocycles. The lowest BCUT2D eigenvalue weighted by Crippen LogP contribution is -2.18. The second-order valence-corrected chi connectivity index (χ2v) is 3.56. The highest BCUT2D eigenvalue weighted by molar-refractivity contribution is 5.80. The van der Waals surface area contributed by atoms with Crippen LogP contribution in [0.5, 0.6) is 0 Å². The third-order valence-corrected chi connectivity index (χ3v) is 2.41. The van der Waals surface area contributed by atoms with E-state index >= 15 is 0 Å². The fourth-order valence-corrected chi connectivity index (χ4v) is 1.41. The molecule has 0 saturated carbocycles. The fourth-order valence-electron chi connectivity index (χ4n) is 1.41. The number of carbonyl (C=O) groups excluding carboxylic acids is 1. The Bertz CT molecular complexity index is 263. The van der Waals surface area contributed by atoms with Gasteiger partial charge in [0.25, 0.3) is 0 Å². The first-order valence-electron chi connectivity index (χ1n) is 4.99. The molecule has 0 aliphatic heterocycles. The molecule has 1 heterocycles. The van der Waals surface area contributed by atoms with E-state index in [-0.39, 0.29) is 5.78 Å². The standard InChI is InChI=1S/C11H17NO2/c1-2-9(7-12)5-11(13)6-10-3-4-14-8-10/h3-4,8-9H,2,5-7,12H2,1H3. The summed E-state index contributed by atoms with van der Waals surface area (Å²) < 4.78 is 4.90. The van der Waals surface area contributed by atoms with Crippen LogP contribution in [0.15, 0.2) is 23.0 Å². The maximum atomic E-state index is 11.5. The predicted molar refractivity (Wildman–Crippen MR) is 54.9 cm³/mol. The van der Waals surface area contributed by atoms with Crippen LogP contribution in [-0.2, 0) is 11.2 Å². The van der Waals surface area contributed by atoms with Crippen LogP contribution < -0.4 is 5.73 Å². The third kappa shape index (κ3) is 3.34. The monoisotopic (exact) mass is 195 g/mol. The molecule has 0 aliphatic rings. The van der Waals surface area contributed by atoms with Gasteiger partial charge in [-0.15, -0.1) is 0 Å². The zero-order valence-corrected chi connectivity index (χ0v) is 8.53. The Morgan fingerprint density at radius 2 is 2.43 bits per heavy atom. The predicted octanol–water partition coefficient (Wildman–Crippen LogP) is 1.77. The van der Waals surface area contributed by atoms with Gasteiger partial charge in [0.05, 0.1) is 12.5 Å². The zero-order valence-electron chi connectivity index (χ0n) is 8.53. The molecule has 0 spiro atoms. The van der Waals surface area contributed by atoms with Gasteiger partial charge in [-0.1, -0.05) is 13.3 Å². The molecule has 0 amide bonds. The van der Waals surface area contributed by atoms with Crippen LogP contribution in [0.3, 0.4) is 0 Å². The van der Waals surface area contributed by atoms with Crippen LogP contribution in [0.2, 0.25) is 0 Å². The van der Waals surface area contributed by atoms with Gasteiger partial charge in [-0.3, -0.25) is 4.79 Å². The summed E-state index contributed by atoms with van der Waals surface area (Å²) >= 11 is 0. The Morgan fingerprint density at radius 3 is 2.93 bits per heavy atom. The lowest BCUT2D eigenvalue weighted by atomic mass is 9.97. The molecule has 0 fully saturated rings. The number of carbonyl (C=O) groups is 1. The Labute approximate surface area is 84.3 Å². The van der Waals surface area contributed by atoms with Crippen LogP contribution >= 0.6 is 0 Å². The van der Waals surface area contributed by atoms with Gasteiger partial charge in [0.2, 0.25) is 0 Å². The van der Waals surface area contributed by atoms with Gasteiger partial charge in [-0.2, -0.15) is 0 Å². The average Bonchev–Trinajstić information content (AvgIpc) is 2.66. The topological polar surface area (TPSA) is 56.2 Å². The molecule has 1 atom stereocenters. The molecule has 3 heteroatoms. The van der Waals surface area contributed by atoms with Crippen molar-refractivity contribution in [2.45, 2.75) is 26.2 Å². The minimum Gasteiger partial charge on any atom is -0.472 e. The van der Waals surface area contributed by atoms with Gasteiger partial charge in [-0.25, -0.2) is 0 Å². The highest BCUT2D eigenvalue weighted by Gasteiger charge is 2.11. The highest BCUT2D eigenvalue weighted by Crippen LogP contribution is 2.10. The summed E-state index contributed by atoms with van der Waals surface area (Å²) in [7, 11) is 0. The Hall–Kier alpha value is -1.09. The fraction of sp³-hybridized carbons (Fsp3) is 0.545. The van der Waals surface area contributed by atoms with Crippen LogP contribution in [0, 0.1) is 5.92 Å². The molecule has 78 valence electrons. The summed E-state index contributed by atoms with van der Waals surface area (Å²) in [5.41, 5.74) is 6.48. The molecule has 0 saturated heterocycles. The number of furan rings is 1. The maximum Gasteiger partial charge on any atom is 0.137 e. The second kappa shape index (κ2) is 5.60. The van der Waals surface area contributed by atoms with Gasteiger partial charge >= 0.3 is 0 Å². The van der Waals surface area contributed by atoms with E-state index in [4.69, 9.17) is 10.2 Å². The van der Waals surface area contributed by atoms with Crippen molar-refractivity contribution in [3.63, 3.8) is 0 Å². The molecule has 0 bridgehead atoms. The van der Waals surface area contributed by atoms with E-state index in [1.54, 1.807) is 12.5 Å². The summed E-state index contributed by atoms with van der Waals surface area (Å²) in [4.78, 5) is 11.5. The van der Waals surface area contributed by atoms with Crippen LogP contribution in [0.4, 0.5) is 0 Å². The number of Topliss-reactive ketones (excluding diaryl/α,β-unsaturated/α-hetero) is 1. The third-order valence-electron chi connectivity index (χ3n) is 2.41.